The van der Waals surface area contributed by atoms with Crippen LogP contribution < -0.4 is 5.32 Å². The number of phenolic OH excluding ortho intramolecular Hbond substituents is 1. The van der Waals surface area contributed by atoms with Crippen molar-refractivity contribution in [1.29, 1.82) is 0 Å². The number of phenols is 1. The first-order valence-corrected chi connectivity index (χ1v) is 8.51. The molecule has 0 amide bonds. The predicted molar refractivity (Wildman–Crippen MR) is 79.9 cm³/mol. The van der Waals surface area contributed by atoms with Crippen molar-refractivity contribution >= 4 is 10.8 Å². The summed E-state index contributed by atoms with van der Waals surface area (Å²) in [6.45, 7) is 2.21. The summed E-state index contributed by atoms with van der Waals surface area (Å²) in [6.07, 6.45) is 4.18. The molecular formula is C15H23NO2S. The topological polar surface area (TPSA) is 49.3 Å². The zero-order chi connectivity index (χ0) is 13.7. The van der Waals surface area contributed by atoms with Gasteiger partial charge in [-0.1, -0.05) is 12.1 Å². The zero-order valence-electron chi connectivity index (χ0n) is 11.5. The minimum atomic E-state index is -0.575. The van der Waals surface area contributed by atoms with Crippen LogP contribution in [0.15, 0.2) is 24.3 Å². The van der Waals surface area contributed by atoms with Gasteiger partial charge < -0.3 is 10.4 Å². The molecule has 19 heavy (non-hydrogen) atoms. The third kappa shape index (κ3) is 4.96. The van der Waals surface area contributed by atoms with Gasteiger partial charge in [0.25, 0.3) is 0 Å². The second-order valence-corrected chi connectivity index (χ2v) is 7.09. The average Bonchev–Trinajstić information content (AvgIpc) is 2.41. The van der Waals surface area contributed by atoms with Crippen LogP contribution >= 0.6 is 0 Å². The van der Waals surface area contributed by atoms with Gasteiger partial charge in [0.15, 0.2) is 0 Å². The zero-order valence-corrected chi connectivity index (χ0v) is 12.3. The van der Waals surface area contributed by atoms with Crippen LogP contribution in [0, 0.1) is 0 Å². The fourth-order valence-corrected chi connectivity index (χ4v) is 3.79. The first-order chi connectivity index (χ1) is 9.13. The summed E-state index contributed by atoms with van der Waals surface area (Å²) in [4.78, 5) is 0. The molecule has 1 aliphatic heterocycles. The highest BCUT2D eigenvalue weighted by molar-refractivity contribution is 7.85. The van der Waals surface area contributed by atoms with Crippen molar-refractivity contribution in [2.75, 3.05) is 11.5 Å². The first-order valence-electron chi connectivity index (χ1n) is 7.02. The van der Waals surface area contributed by atoms with Crippen LogP contribution in [0.25, 0.3) is 0 Å². The lowest BCUT2D eigenvalue weighted by molar-refractivity contribution is 0.404. The normalized spacial score (nSPS) is 25.1. The second kappa shape index (κ2) is 7.06. The lowest BCUT2D eigenvalue weighted by Crippen LogP contribution is -2.41. The number of aryl methyl sites for hydroxylation is 1. The lowest BCUT2D eigenvalue weighted by atomic mass is 10.0. The molecule has 1 aromatic carbocycles. The summed E-state index contributed by atoms with van der Waals surface area (Å²) in [5.41, 5.74) is 1.26. The molecule has 1 unspecified atom stereocenters. The Morgan fingerprint density at radius 1 is 1.32 bits per heavy atom. The van der Waals surface area contributed by atoms with E-state index in [1.807, 2.05) is 12.1 Å². The van der Waals surface area contributed by atoms with Gasteiger partial charge in [-0.15, -0.1) is 0 Å². The Morgan fingerprint density at radius 2 is 1.95 bits per heavy atom. The van der Waals surface area contributed by atoms with Crippen LogP contribution in [0.5, 0.6) is 5.75 Å². The van der Waals surface area contributed by atoms with Gasteiger partial charge in [0.2, 0.25) is 0 Å². The quantitative estimate of drug-likeness (QED) is 0.870. The number of nitrogens with one attached hydrogen (secondary N) is 1. The van der Waals surface area contributed by atoms with Gasteiger partial charge >= 0.3 is 0 Å². The molecule has 2 rings (SSSR count). The number of hydrogen-bond acceptors (Lipinski definition) is 3. The average molecular weight is 281 g/mol. The maximum Gasteiger partial charge on any atom is 0.115 e. The highest BCUT2D eigenvalue weighted by Gasteiger charge is 2.18. The Kier molecular flexibility index (Phi) is 5.40. The first kappa shape index (κ1) is 14.5. The van der Waals surface area contributed by atoms with Crippen molar-refractivity contribution in [2.45, 2.75) is 44.7 Å². The summed E-state index contributed by atoms with van der Waals surface area (Å²) in [5, 5.41) is 12.9. The standard InChI is InChI=1S/C15H23NO2S/c1-12(16-14-8-10-19(18)11-9-14)2-3-13-4-6-15(17)7-5-13/h4-7,12,14,16-17H,2-3,8-11H2,1H3. The molecule has 1 heterocycles. The molecule has 0 radical (unpaired) electrons. The molecule has 0 saturated carbocycles. The van der Waals surface area contributed by atoms with Crippen molar-refractivity contribution < 1.29 is 9.32 Å². The number of rotatable bonds is 5. The third-order valence-electron chi connectivity index (χ3n) is 3.71. The van der Waals surface area contributed by atoms with Crippen molar-refractivity contribution in [3.05, 3.63) is 29.8 Å². The van der Waals surface area contributed by atoms with E-state index in [1.165, 1.54) is 5.56 Å². The van der Waals surface area contributed by atoms with Crippen molar-refractivity contribution in [1.82, 2.24) is 5.32 Å². The number of aromatic hydroxyl groups is 1. The minimum absolute atomic E-state index is 0.324. The molecule has 4 heteroatoms. The Balaban J connectivity index is 1.71. The molecule has 1 aromatic rings. The summed E-state index contributed by atoms with van der Waals surface area (Å²) < 4.78 is 11.3. The Bertz CT molecular complexity index is 409. The number of benzene rings is 1. The fourth-order valence-electron chi connectivity index (χ4n) is 2.49. The summed E-state index contributed by atoms with van der Waals surface area (Å²) in [5.74, 6) is 2.02. The van der Waals surface area contributed by atoms with Gasteiger partial charge in [-0.05, 0) is 50.3 Å². The summed E-state index contributed by atoms with van der Waals surface area (Å²) in [6, 6.07) is 8.45. The Hall–Kier alpha value is -0.870. The molecule has 1 fully saturated rings. The summed E-state index contributed by atoms with van der Waals surface area (Å²) in [7, 11) is -0.575. The van der Waals surface area contributed by atoms with E-state index in [-0.39, 0.29) is 0 Å². The monoisotopic (exact) mass is 281 g/mol. The maximum atomic E-state index is 11.3. The van der Waals surface area contributed by atoms with E-state index in [4.69, 9.17) is 0 Å². The van der Waals surface area contributed by atoms with E-state index in [2.05, 4.69) is 12.2 Å². The molecular weight excluding hydrogens is 258 g/mol. The van der Waals surface area contributed by atoms with Crippen molar-refractivity contribution in [2.24, 2.45) is 0 Å². The van der Waals surface area contributed by atoms with Crippen LogP contribution in [-0.4, -0.2) is 32.9 Å². The minimum Gasteiger partial charge on any atom is -0.508 e. The molecule has 0 aliphatic carbocycles. The second-order valence-electron chi connectivity index (χ2n) is 5.40. The van der Waals surface area contributed by atoms with E-state index in [0.29, 0.717) is 17.8 Å². The molecule has 3 nitrogen and oxygen atoms in total. The van der Waals surface area contributed by atoms with E-state index < -0.39 is 10.8 Å². The molecule has 0 spiro atoms. The highest BCUT2D eigenvalue weighted by atomic mass is 32.2. The molecule has 1 aliphatic rings. The van der Waals surface area contributed by atoms with Gasteiger partial charge in [-0.2, -0.15) is 0 Å². The van der Waals surface area contributed by atoms with Gasteiger partial charge in [0.05, 0.1) is 0 Å². The fraction of sp³-hybridized carbons (Fsp3) is 0.600. The van der Waals surface area contributed by atoms with Gasteiger partial charge in [0.1, 0.15) is 5.75 Å². The highest BCUT2D eigenvalue weighted by Crippen LogP contribution is 2.14. The van der Waals surface area contributed by atoms with Crippen LogP contribution in [0.4, 0.5) is 0 Å². The third-order valence-corrected chi connectivity index (χ3v) is 5.09. The van der Waals surface area contributed by atoms with E-state index in [0.717, 1.165) is 37.2 Å². The van der Waals surface area contributed by atoms with Gasteiger partial charge in [-0.25, -0.2) is 0 Å². The Morgan fingerprint density at radius 3 is 2.58 bits per heavy atom. The Labute approximate surface area is 117 Å². The van der Waals surface area contributed by atoms with Gasteiger partial charge in [-0.3, -0.25) is 4.21 Å². The van der Waals surface area contributed by atoms with Crippen LogP contribution in [0.3, 0.4) is 0 Å². The lowest BCUT2D eigenvalue weighted by Gasteiger charge is -2.26. The maximum absolute atomic E-state index is 11.3. The number of hydrogen-bond donors (Lipinski definition) is 2. The van der Waals surface area contributed by atoms with E-state index in [1.54, 1.807) is 12.1 Å². The molecule has 2 N–H and O–H groups in total. The van der Waals surface area contributed by atoms with E-state index >= 15 is 0 Å². The molecule has 0 aromatic heterocycles. The van der Waals surface area contributed by atoms with Crippen LogP contribution in [-0.2, 0) is 17.2 Å². The summed E-state index contributed by atoms with van der Waals surface area (Å²) >= 11 is 0. The molecule has 1 saturated heterocycles. The predicted octanol–water partition coefficient (Wildman–Crippen LogP) is 2.21. The molecule has 1 atom stereocenters. The molecule has 0 bridgehead atoms. The molecule has 106 valence electrons. The van der Waals surface area contributed by atoms with Gasteiger partial charge in [0, 0.05) is 34.4 Å². The van der Waals surface area contributed by atoms with Crippen molar-refractivity contribution in [3.8, 4) is 5.75 Å². The van der Waals surface area contributed by atoms with E-state index in [9.17, 15) is 9.32 Å². The largest absolute Gasteiger partial charge is 0.508 e. The van der Waals surface area contributed by atoms with Crippen molar-refractivity contribution in [3.63, 3.8) is 0 Å². The SMILES string of the molecule is CC(CCc1ccc(O)cc1)NC1CCS(=O)CC1. The van der Waals surface area contributed by atoms with Crippen LogP contribution in [0.1, 0.15) is 31.7 Å². The smallest absolute Gasteiger partial charge is 0.115 e. The van der Waals surface area contributed by atoms with Crippen LogP contribution in [0.2, 0.25) is 0 Å².